The number of carbonyl (C=O) groups excluding carboxylic acids is 2. The molecule has 0 saturated heterocycles. The van der Waals surface area contributed by atoms with Crippen molar-refractivity contribution in [1.82, 2.24) is 0 Å². The highest BCUT2D eigenvalue weighted by Gasteiger charge is 2.33. The topological polar surface area (TPSA) is 81.4 Å². The molecule has 0 bridgehead atoms. The number of fused-ring (bicyclic) bond motifs is 1. The van der Waals surface area contributed by atoms with Crippen molar-refractivity contribution in [1.29, 1.82) is 0 Å². The lowest BCUT2D eigenvalue weighted by Crippen LogP contribution is -2.30. The van der Waals surface area contributed by atoms with Gasteiger partial charge in [-0.1, -0.05) is 84.9 Å². The number of nitrogens with one attached hydrogen (secondary N) is 1. The Bertz CT molecular complexity index is 1330. The molecule has 0 aliphatic heterocycles. The van der Waals surface area contributed by atoms with Crippen LogP contribution < -0.4 is 15.8 Å². The highest BCUT2D eigenvalue weighted by molar-refractivity contribution is 6.29. The SMILES string of the molecule is COc1ccccc1.NC1=C(Nc2ccccc2)C(=O)c2c(cccc2-c2ccccc2)C1=O. The molecule has 0 unspecified atom stereocenters. The number of ether oxygens (including phenoxy) is 1. The van der Waals surface area contributed by atoms with Crippen molar-refractivity contribution < 1.29 is 14.3 Å². The van der Waals surface area contributed by atoms with Crippen molar-refractivity contribution in [3.63, 3.8) is 0 Å². The summed E-state index contributed by atoms with van der Waals surface area (Å²) in [6.45, 7) is 0. The van der Waals surface area contributed by atoms with Gasteiger partial charge in [-0.2, -0.15) is 0 Å². The zero-order valence-corrected chi connectivity index (χ0v) is 18.7. The van der Waals surface area contributed by atoms with Gasteiger partial charge in [0.25, 0.3) is 0 Å². The van der Waals surface area contributed by atoms with Crippen molar-refractivity contribution in [2.24, 2.45) is 5.73 Å². The molecule has 0 radical (unpaired) electrons. The molecule has 0 amide bonds. The number of rotatable bonds is 4. The van der Waals surface area contributed by atoms with E-state index in [1.165, 1.54) is 0 Å². The molecule has 5 rings (SSSR count). The molecule has 0 atom stereocenters. The Morgan fingerprint density at radius 2 is 1.21 bits per heavy atom. The number of methoxy groups -OCH3 is 1. The minimum Gasteiger partial charge on any atom is -0.497 e. The number of benzene rings is 4. The highest BCUT2D eigenvalue weighted by Crippen LogP contribution is 2.33. The summed E-state index contributed by atoms with van der Waals surface area (Å²) >= 11 is 0. The van der Waals surface area contributed by atoms with Crippen molar-refractivity contribution >= 4 is 17.3 Å². The number of hydrogen-bond acceptors (Lipinski definition) is 5. The second kappa shape index (κ2) is 10.3. The van der Waals surface area contributed by atoms with E-state index >= 15 is 0 Å². The average Bonchev–Trinajstić information content (AvgIpc) is 2.91. The van der Waals surface area contributed by atoms with Gasteiger partial charge in [-0.15, -0.1) is 0 Å². The van der Waals surface area contributed by atoms with Crippen LogP contribution in [0.15, 0.2) is 121 Å². The molecule has 4 aromatic carbocycles. The third kappa shape index (κ3) is 4.74. The molecule has 1 aliphatic carbocycles. The molecule has 5 nitrogen and oxygen atoms in total. The van der Waals surface area contributed by atoms with E-state index in [-0.39, 0.29) is 23.0 Å². The predicted octanol–water partition coefficient (Wildman–Crippen LogP) is 5.71. The lowest BCUT2D eigenvalue weighted by Gasteiger charge is -2.22. The van der Waals surface area contributed by atoms with Crippen molar-refractivity contribution in [3.8, 4) is 16.9 Å². The standard InChI is InChI=1S/C22H16N2O2.C7H8O/c23-19-20(24-15-10-5-2-6-11-15)22(26)18-16(14-8-3-1-4-9-14)12-7-13-17(18)21(19)25;1-8-7-5-3-2-4-6-7/h1-13,24H,23H2;2-6H,1H3. The fourth-order valence-corrected chi connectivity index (χ4v) is 3.70. The first-order valence-electron chi connectivity index (χ1n) is 10.8. The minimum absolute atomic E-state index is 0.0587. The van der Waals surface area contributed by atoms with E-state index < -0.39 is 0 Å². The number of anilines is 1. The molecule has 1 aliphatic rings. The summed E-state index contributed by atoms with van der Waals surface area (Å²) in [5.74, 6) is 0.295. The van der Waals surface area contributed by atoms with Gasteiger partial charge in [0.1, 0.15) is 17.1 Å². The molecule has 0 spiro atoms. The lowest BCUT2D eigenvalue weighted by atomic mass is 9.85. The fraction of sp³-hybridized carbons (Fsp3) is 0.0345. The quantitative estimate of drug-likeness (QED) is 0.418. The molecular formula is C29H24N2O3. The molecule has 0 heterocycles. The van der Waals surface area contributed by atoms with Crippen LogP contribution in [0.25, 0.3) is 11.1 Å². The van der Waals surface area contributed by atoms with Crippen molar-refractivity contribution in [3.05, 3.63) is 132 Å². The molecule has 3 N–H and O–H groups in total. The number of nitrogens with two attached hydrogens (primary N) is 1. The number of allylic oxidation sites excluding steroid dienone is 2. The number of Topliss-reactive ketones (excluding diaryl/α,β-unsaturated/α-hetero) is 2. The molecule has 0 saturated carbocycles. The minimum atomic E-state index is -0.337. The molecule has 0 fully saturated rings. The van der Waals surface area contributed by atoms with Crippen LogP contribution in [0, 0.1) is 0 Å². The second-order valence-corrected chi connectivity index (χ2v) is 7.55. The molecule has 0 aromatic heterocycles. The first kappa shape index (κ1) is 22.6. The van der Waals surface area contributed by atoms with E-state index in [1.54, 1.807) is 19.2 Å². The third-order valence-corrected chi connectivity index (χ3v) is 5.38. The van der Waals surface area contributed by atoms with Crippen LogP contribution in [0.1, 0.15) is 20.7 Å². The first-order valence-corrected chi connectivity index (χ1v) is 10.8. The Kier molecular flexibility index (Phi) is 6.84. The average molecular weight is 449 g/mol. The number of hydrogen-bond donors (Lipinski definition) is 2. The summed E-state index contributed by atoms with van der Waals surface area (Å²) in [7, 11) is 1.66. The van der Waals surface area contributed by atoms with Gasteiger partial charge in [-0.05, 0) is 35.4 Å². The van der Waals surface area contributed by atoms with Crippen LogP contribution in [0.5, 0.6) is 5.75 Å². The smallest absolute Gasteiger partial charge is 0.212 e. The van der Waals surface area contributed by atoms with Crippen LogP contribution >= 0.6 is 0 Å². The Hall–Kier alpha value is -4.64. The van der Waals surface area contributed by atoms with E-state index in [4.69, 9.17) is 10.5 Å². The van der Waals surface area contributed by atoms with Gasteiger partial charge >= 0.3 is 0 Å². The van der Waals surface area contributed by atoms with E-state index in [0.29, 0.717) is 16.8 Å². The number of ketones is 2. The first-order chi connectivity index (χ1) is 16.6. The van der Waals surface area contributed by atoms with Gasteiger partial charge in [0.15, 0.2) is 0 Å². The zero-order chi connectivity index (χ0) is 23.9. The van der Waals surface area contributed by atoms with E-state index in [1.807, 2.05) is 97.1 Å². The van der Waals surface area contributed by atoms with Gasteiger partial charge in [0.2, 0.25) is 11.6 Å². The van der Waals surface area contributed by atoms with Crippen LogP contribution in [0.2, 0.25) is 0 Å². The summed E-state index contributed by atoms with van der Waals surface area (Å²) in [5.41, 5.74) is 9.10. The third-order valence-electron chi connectivity index (χ3n) is 5.38. The maximum atomic E-state index is 13.2. The van der Waals surface area contributed by atoms with Crippen molar-refractivity contribution in [2.75, 3.05) is 12.4 Å². The summed E-state index contributed by atoms with van der Waals surface area (Å²) < 4.78 is 4.91. The Labute approximate surface area is 198 Å². The van der Waals surface area contributed by atoms with Crippen LogP contribution in [-0.2, 0) is 0 Å². The van der Waals surface area contributed by atoms with Gasteiger partial charge < -0.3 is 15.8 Å². The molecule has 4 aromatic rings. The Balaban J connectivity index is 0.000000291. The van der Waals surface area contributed by atoms with Gasteiger partial charge in [0, 0.05) is 16.8 Å². The van der Waals surface area contributed by atoms with E-state index in [2.05, 4.69) is 5.32 Å². The van der Waals surface area contributed by atoms with E-state index in [0.717, 1.165) is 16.9 Å². The molecule has 168 valence electrons. The highest BCUT2D eigenvalue weighted by atomic mass is 16.5. The summed E-state index contributed by atoms with van der Waals surface area (Å²) in [4.78, 5) is 26.0. The van der Waals surface area contributed by atoms with Crippen LogP contribution in [-0.4, -0.2) is 18.7 Å². The van der Waals surface area contributed by atoms with Crippen LogP contribution in [0.4, 0.5) is 5.69 Å². The maximum Gasteiger partial charge on any atom is 0.212 e. The molecular weight excluding hydrogens is 424 g/mol. The monoisotopic (exact) mass is 448 g/mol. The number of carbonyl (C=O) groups is 2. The summed E-state index contributed by atoms with van der Waals surface area (Å²) in [6.07, 6.45) is 0. The number of para-hydroxylation sites is 2. The predicted molar refractivity (Wildman–Crippen MR) is 135 cm³/mol. The van der Waals surface area contributed by atoms with Gasteiger partial charge in [0.05, 0.1) is 7.11 Å². The van der Waals surface area contributed by atoms with E-state index in [9.17, 15) is 9.59 Å². The normalized spacial score (nSPS) is 12.4. The zero-order valence-electron chi connectivity index (χ0n) is 18.7. The maximum absolute atomic E-state index is 13.2. The lowest BCUT2D eigenvalue weighted by molar-refractivity contribution is 0.0975. The van der Waals surface area contributed by atoms with Crippen molar-refractivity contribution in [2.45, 2.75) is 0 Å². The van der Waals surface area contributed by atoms with Gasteiger partial charge in [-0.25, -0.2) is 0 Å². The second-order valence-electron chi connectivity index (χ2n) is 7.55. The largest absolute Gasteiger partial charge is 0.497 e. The Morgan fingerprint density at radius 1 is 0.647 bits per heavy atom. The molecule has 34 heavy (non-hydrogen) atoms. The fourth-order valence-electron chi connectivity index (χ4n) is 3.70. The van der Waals surface area contributed by atoms with Crippen LogP contribution in [0.3, 0.4) is 0 Å². The van der Waals surface area contributed by atoms with Gasteiger partial charge in [-0.3, -0.25) is 9.59 Å². The molecule has 5 heteroatoms. The summed E-state index contributed by atoms with van der Waals surface area (Å²) in [6, 6.07) is 33.7. The Morgan fingerprint density at radius 3 is 1.79 bits per heavy atom. The summed E-state index contributed by atoms with van der Waals surface area (Å²) in [5, 5.41) is 3.01.